The van der Waals surface area contributed by atoms with Crippen LogP contribution in [-0.2, 0) is 0 Å². The predicted molar refractivity (Wildman–Crippen MR) is 84.1 cm³/mol. The molecule has 8 heteroatoms. The van der Waals surface area contributed by atoms with E-state index in [0.717, 1.165) is 22.6 Å². The van der Waals surface area contributed by atoms with Crippen LogP contribution in [0.15, 0.2) is 12.3 Å². The summed E-state index contributed by atoms with van der Waals surface area (Å²) in [6, 6.07) is 1.69. The number of hydrogen-bond donors (Lipinski definition) is 1. The molecule has 0 bridgehead atoms. The monoisotopic (exact) mass is 313 g/mol. The summed E-state index contributed by atoms with van der Waals surface area (Å²) in [6.07, 6.45) is 1.76. The van der Waals surface area contributed by atoms with Gasteiger partial charge < -0.3 is 4.90 Å². The van der Waals surface area contributed by atoms with Gasteiger partial charge in [-0.25, -0.2) is 4.98 Å². The van der Waals surface area contributed by atoms with Gasteiger partial charge >= 0.3 is 0 Å². The second-order valence-corrected chi connectivity index (χ2v) is 5.70. The van der Waals surface area contributed by atoms with Crippen molar-refractivity contribution in [3.63, 3.8) is 0 Å². The highest BCUT2D eigenvalue weighted by atomic mass is 16.2. The van der Waals surface area contributed by atoms with Gasteiger partial charge in [0.25, 0.3) is 11.7 Å². The van der Waals surface area contributed by atoms with Crippen molar-refractivity contribution in [2.24, 2.45) is 0 Å². The van der Waals surface area contributed by atoms with E-state index in [2.05, 4.69) is 25.4 Å². The Kier molecular flexibility index (Phi) is 3.59. The molecule has 3 heterocycles. The number of carbonyl (C=O) groups is 1. The Morgan fingerprint density at radius 3 is 2.70 bits per heavy atom. The van der Waals surface area contributed by atoms with E-state index in [0.29, 0.717) is 5.78 Å². The second kappa shape index (κ2) is 5.45. The Bertz CT molecular complexity index is 860. The highest BCUT2D eigenvalue weighted by Gasteiger charge is 2.26. The van der Waals surface area contributed by atoms with E-state index < -0.39 is 0 Å². The van der Waals surface area contributed by atoms with Crippen molar-refractivity contribution in [3.8, 4) is 0 Å². The van der Waals surface area contributed by atoms with Crippen molar-refractivity contribution < 1.29 is 4.79 Å². The minimum Gasteiger partial charge on any atom is -0.332 e. The Morgan fingerprint density at radius 2 is 2.04 bits per heavy atom. The Labute approximate surface area is 133 Å². The van der Waals surface area contributed by atoms with Gasteiger partial charge in [-0.1, -0.05) is 0 Å². The van der Waals surface area contributed by atoms with E-state index in [1.165, 1.54) is 0 Å². The molecule has 120 valence electrons. The normalized spacial score (nSPS) is 12.6. The lowest BCUT2D eigenvalue weighted by Gasteiger charge is -2.24. The molecule has 0 radical (unpaired) electrons. The quantitative estimate of drug-likeness (QED) is 0.793. The average Bonchev–Trinajstić information content (AvgIpc) is 3.08. The van der Waals surface area contributed by atoms with Crippen LogP contribution in [0.3, 0.4) is 0 Å². The van der Waals surface area contributed by atoms with E-state index in [4.69, 9.17) is 0 Å². The van der Waals surface area contributed by atoms with Crippen LogP contribution in [0.2, 0.25) is 0 Å². The van der Waals surface area contributed by atoms with Gasteiger partial charge in [-0.05, 0) is 33.8 Å². The summed E-state index contributed by atoms with van der Waals surface area (Å²) in [7, 11) is 1.75. The molecule has 0 fully saturated rings. The summed E-state index contributed by atoms with van der Waals surface area (Å²) in [6.45, 7) is 7.71. The van der Waals surface area contributed by atoms with Crippen molar-refractivity contribution in [1.29, 1.82) is 0 Å². The van der Waals surface area contributed by atoms with Crippen LogP contribution in [0.25, 0.3) is 5.78 Å². The molecule has 0 aliphatic rings. The van der Waals surface area contributed by atoms with Gasteiger partial charge in [-0.2, -0.15) is 5.10 Å². The maximum absolute atomic E-state index is 12.8. The lowest BCUT2D eigenvalue weighted by molar-refractivity contribution is 0.0728. The summed E-state index contributed by atoms with van der Waals surface area (Å²) < 4.78 is 1.60. The first kappa shape index (κ1) is 15.1. The number of nitrogens with one attached hydrogen (secondary N) is 1. The van der Waals surface area contributed by atoms with Gasteiger partial charge in [0.15, 0.2) is 0 Å². The largest absolute Gasteiger partial charge is 0.332 e. The first-order valence-corrected chi connectivity index (χ1v) is 7.37. The highest BCUT2D eigenvalue weighted by Crippen LogP contribution is 2.25. The van der Waals surface area contributed by atoms with Crippen molar-refractivity contribution in [2.45, 2.75) is 33.7 Å². The summed E-state index contributed by atoms with van der Waals surface area (Å²) in [4.78, 5) is 18.7. The van der Waals surface area contributed by atoms with Gasteiger partial charge in [0, 0.05) is 30.2 Å². The van der Waals surface area contributed by atoms with E-state index in [1.807, 2.05) is 33.8 Å². The van der Waals surface area contributed by atoms with Gasteiger partial charge in [0.1, 0.15) is 0 Å². The molecule has 0 aromatic carbocycles. The van der Waals surface area contributed by atoms with Gasteiger partial charge in [0.2, 0.25) is 5.82 Å². The van der Waals surface area contributed by atoms with Crippen LogP contribution in [0.4, 0.5) is 0 Å². The summed E-state index contributed by atoms with van der Waals surface area (Å²) in [5.41, 5.74) is 3.69. The van der Waals surface area contributed by atoms with Crippen LogP contribution >= 0.6 is 0 Å². The summed E-state index contributed by atoms with van der Waals surface area (Å²) in [5.74, 6) is 0.460. The molecule has 23 heavy (non-hydrogen) atoms. The van der Waals surface area contributed by atoms with Crippen LogP contribution in [0, 0.1) is 20.8 Å². The molecular formula is C15H19N7O. The number of amides is 1. The van der Waals surface area contributed by atoms with E-state index in [9.17, 15) is 4.79 Å². The molecule has 0 saturated heterocycles. The second-order valence-electron chi connectivity index (χ2n) is 5.70. The van der Waals surface area contributed by atoms with Crippen LogP contribution < -0.4 is 0 Å². The average molecular weight is 313 g/mol. The fraction of sp³-hybridized carbons (Fsp3) is 0.400. The number of hydrogen-bond acceptors (Lipinski definition) is 5. The topological polar surface area (TPSA) is 92.1 Å². The van der Waals surface area contributed by atoms with E-state index in [1.54, 1.807) is 22.5 Å². The first-order valence-electron chi connectivity index (χ1n) is 7.37. The third-order valence-corrected chi connectivity index (χ3v) is 4.11. The Balaban J connectivity index is 1.95. The highest BCUT2D eigenvalue weighted by molar-refractivity contribution is 5.91. The Morgan fingerprint density at radius 1 is 1.30 bits per heavy atom. The zero-order chi connectivity index (χ0) is 16.7. The molecular weight excluding hydrogens is 294 g/mol. The fourth-order valence-corrected chi connectivity index (χ4v) is 2.72. The maximum Gasteiger partial charge on any atom is 0.292 e. The number of aromatic nitrogens is 6. The van der Waals surface area contributed by atoms with Crippen LogP contribution in [-0.4, -0.2) is 47.6 Å². The van der Waals surface area contributed by atoms with Crippen LogP contribution in [0.5, 0.6) is 0 Å². The molecule has 8 nitrogen and oxygen atoms in total. The lowest BCUT2D eigenvalue weighted by atomic mass is 10.1. The zero-order valence-corrected chi connectivity index (χ0v) is 13.8. The lowest BCUT2D eigenvalue weighted by Crippen LogP contribution is -2.31. The molecule has 1 N–H and O–H groups in total. The molecule has 1 amide bonds. The van der Waals surface area contributed by atoms with Crippen molar-refractivity contribution >= 4 is 11.7 Å². The Hall–Kier alpha value is -2.77. The predicted octanol–water partition coefficient (Wildman–Crippen LogP) is 1.61. The SMILES string of the molecule is Cc1ccn2c(C(=O)N(C)[C@H](C)c3c(C)n[nH]c3C)nnc2n1. The molecule has 1 atom stereocenters. The number of aromatic amines is 1. The first-order chi connectivity index (χ1) is 10.9. The molecule has 0 saturated carbocycles. The smallest absolute Gasteiger partial charge is 0.292 e. The molecule has 0 aliphatic carbocycles. The molecule has 0 aliphatic heterocycles. The summed E-state index contributed by atoms with van der Waals surface area (Å²) >= 11 is 0. The summed E-state index contributed by atoms with van der Waals surface area (Å²) in [5, 5.41) is 15.1. The number of H-pyrrole nitrogens is 1. The molecule has 0 unspecified atom stereocenters. The van der Waals surface area contributed by atoms with Crippen molar-refractivity contribution in [3.05, 3.63) is 40.7 Å². The maximum atomic E-state index is 12.8. The third-order valence-electron chi connectivity index (χ3n) is 4.11. The molecule has 0 spiro atoms. The molecule has 3 rings (SSSR count). The van der Waals surface area contributed by atoms with Gasteiger partial charge in [-0.3, -0.25) is 14.3 Å². The van der Waals surface area contributed by atoms with Crippen molar-refractivity contribution in [2.75, 3.05) is 7.05 Å². The van der Waals surface area contributed by atoms with Crippen LogP contribution in [0.1, 0.15) is 46.2 Å². The van der Waals surface area contributed by atoms with Gasteiger partial charge in [-0.15, -0.1) is 10.2 Å². The van der Waals surface area contributed by atoms with E-state index in [-0.39, 0.29) is 17.8 Å². The van der Waals surface area contributed by atoms with Gasteiger partial charge in [0.05, 0.1) is 11.7 Å². The fourth-order valence-electron chi connectivity index (χ4n) is 2.72. The number of fused-ring (bicyclic) bond motifs is 1. The molecule has 3 aromatic heterocycles. The molecule has 3 aromatic rings. The zero-order valence-electron chi connectivity index (χ0n) is 13.8. The minimum atomic E-state index is -0.212. The van der Waals surface area contributed by atoms with Crippen molar-refractivity contribution in [1.82, 2.24) is 34.7 Å². The van der Waals surface area contributed by atoms with E-state index >= 15 is 0 Å². The standard InChI is InChI=1S/C15H19N7O/c1-8-6-7-22-13(19-20-15(22)16-8)14(23)21(5)11(4)12-9(2)17-18-10(12)3/h6-7,11H,1-5H3,(H,17,18)/t11-/m1/s1. The minimum absolute atomic E-state index is 0.132. The number of rotatable bonds is 3. The number of nitrogens with zero attached hydrogens (tertiary/aromatic N) is 6. The number of carbonyl (C=O) groups excluding carboxylic acids is 1. The third kappa shape index (κ3) is 2.45. The number of aryl methyl sites for hydroxylation is 3.